The Kier molecular flexibility index (Phi) is 4.28. The van der Waals surface area contributed by atoms with Crippen LogP contribution in [0.1, 0.15) is 25.8 Å². The number of hydrogen-bond donors (Lipinski definition) is 1. The van der Waals surface area contributed by atoms with Crippen LogP contribution in [0.4, 0.5) is 8.78 Å². The lowest BCUT2D eigenvalue weighted by molar-refractivity contribution is 0.102. The summed E-state index contributed by atoms with van der Waals surface area (Å²) in [6.07, 6.45) is -2.24. The van der Waals surface area contributed by atoms with E-state index in [1.54, 1.807) is 12.1 Å². The zero-order chi connectivity index (χ0) is 12.3. The van der Waals surface area contributed by atoms with Crippen molar-refractivity contribution in [1.82, 2.24) is 0 Å². The highest BCUT2D eigenvalue weighted by molar-refractivity contribution is 6.30. The monoisotopic (exact) mass is 247 g/mol. The largest absolute Gasteiger partial charge is 0.323 e. The molecule has 1 aromatic rings. The number of rotatable bonds is 4. The lowest BCUT2D eigenvalue weighted by Gasteiger charge is -2.28. The summed E-state index contributed by atoms with van der Waals surface area (Å²) in [7, 11) is 0. The van der Waals surface area contributed by atoms with Crippen molar-refractivity contribution in [2.45, 2.75) is 38.2 Å². The zero-order valence-electron chi connectivity index (χ0n) is 9.38. The predicted octanol–water partition coefficient (Wildman–Crippen LogP) is 3.60. The molecule has 0 aliphatic heterocycles. The Balaban J connectivity index is 2.80. The SMILES string of the molecule is CC(C)(CC(N)C(F)F)c1ccc(Cl)cc1. The molecule has 0 saturated heterocycles. The smallest absolute Gasteiger partial charge is 0.253 e. The summed E-state index contributed by atoms with van der Waals surface area (Å²) in [6.45, 7) is 3.80. The minimum absolute atomic E-state index is 0.242. The maximum Gasteiger partial charge on any atom is 0.253 e. The van der Waals surface area contributed by atoms with Crippen molar-refractivity contribution in [3.63, 3.8) is 0 Å². The van der Waals surface area contributed by atoms with Crippen molar-refractivity contribution in [3.8, 4) is 0 Å². The molecule has 0 spiro atoms. The third kappa shape index (κ3) is 3.42. The van der Waals surface area contributed by atoms with Gasteiger partial charge in [0.1, 0.15) is 0 Å². The average molecular weight is 248 g/mol. The van der Waals surface area contributed by atoms with Gasteiger partial charge in [0.05, 0.1) is 6.04 Å². The predicted molar refractivity (Wildman–Crippen MR) is 63.1 cm³/mol. The van der Waals surface area contributed by atoms with E-state index in [4.69, 9.17) is 17.3 Å². The molecular formula is C12H16ClF2N. The van der Waals surface area contributed by atoms with E-state index in [9.17, 15) is 8.78 Å². The minimum atomic E-state index is -2.48. The van der Waals surface area contributed by atoms with Gasteiger partial charge >= 0.3 is 0 Å². The molecule has 1 nitrogen and oxygen atoms in total. The first-order valence-corrected chi connectivity index (χ1v) is 5.50. The zero-order valence-corrected chi connectivity index (χ0v) is 10.1. The third-order valence-electron chi connectivity index (χ3n) is 2.70. The molecule has 0 aromatic heterocycles. The van der Waals surface area contributed by atoms with Gasteiger partial charge in [-0.05, 0) is 29.5 Å². The van der Waals surface area contributed by atoms with E-state index in [1.165, 1.54) is 0 Å². The summed E-state index contributed by atoms with van der Waals surface area (Å²) in [4.78, 5) is 0. The average Bonchev–Trinajstić information content (AvgIpc) is 2.17. The summed E-state index contributed by atoms with van der Waals surface area (Å²) in [5.41, 5.74) is 5.98. The molecule has 0 saturated carbocycles. The van der Waals surface area contributed by atoms with E-state index in [2.05, 4.69) is 0 Å². The molecule has 1 rings (SSSR count). The molecule has 0 fully saturated rings. The molecule has 0 amide bonds. The highest BCUT2D eigenvalue weighted by Crippen LogP contribution is 2.30. The first kappa shape index (κ1) is 13.4. The van der Waals surface area contributed by atoms with Gasteiger partial charge in [-0.15, -0.1) is 0 Å². The molecule has 1 aromatic carbocycles. The van der Waals surface area contributed by atoms with Crippen LogP contribution in [0, 0.1) is 0 Å². The Morgan fingerprint density at radius 3 is 2.19 bits per heavy atom. The number of hydrogen-bond acceptors (Lipinski definition) is 1. The molecule has 0 aliphatic carbocycles. The first-order chi connectivity index (χ1) is 7.33. The van der Waals surface area contributed by atoms with Crippen LogP contribution in [0.15, 0.2) is 24.3 Å². The van der Waals surface area contributed by atoms with E-state index >= 15 is 0 Å². The van der Waals surface area contributed by atoms with E-state index in [0.717, 1.165) is 5.56 Å². The summed E-state index contributed by atoms with van der Waals surface area (Å²) in [5.74, 6) is 0. The standard InChI is InChI=1S/C12H16ClF2N/c1-12(2,7-10(16)11(14)15)8-3-5-9(13)6-4-8/h3-6,10-11H,7,16H2,1-2H3. The molecule has 0 bridgehead atoms. The fourth-order valence-electron chi connectivity index (χ4n) is 1.70. The van der Waals surface area contributed by atoms with E-state index in [1.807, 2.05) is 26.0 Å². The number of halogens is 3. The van der Waals surface area contributed by atoms with Crippen LogP contribution in [0.5, 0.6) is 0 Å². The van der Waals surface area contributed by atoms with Gasteiger partial charge in [0.2, 0.25) is 0 Å². The first-order valence-electron chi connectivity index (χ1n) is 5.13. The Morgan fingerprint density at radius 2 is 1.75 bits per heavy atom. The highest BCUT2D eigenvalue weighted by Gasteiger charge is 2.27. The third-order valence-corrected chi connectivity index (χ3v) is 2.95. The molecule has 1 atom stereocenters. The molecule has 0 aliphatic rings. The van der Waals surface area contributed by atoms with E-state index < -0.39 is 12.5 Å². The fourth-order valence-corrected chi connectivity index (χ4v) is 1.82. The van der Waals surface area contributed by atoms with E-state index in [0.29, 0.717) is 5.02 Å². The number of nitrogens with two attached hydrogens (primary N) is 1. The second-order valence-electron chi connectivity index (χ2n) is 4.59. The Labute approximate surface area is 99.6 Å². The summed E-state index contributed by atoms with van der Waals surface area (Å²) in [6, 6.07) is 6.12. The minimum Gasteiger partial charge on any atom is -0.323 e. The van der Waals surface area contributed by atoms with Crippen molar-refractivity contribution in [2.24, 2.45) is 5.73 Å². The highest BCUT2D eigenvalue weighted by atomic mass is 35.5. The van der Waals surface area contributed by atoms with Gasteiger partial charge in [0.25, 0.3) is 6.43 Å². The maximum atomic E-state index is 12.4. The van der Waals surface area contributed by atoms with Crippen LogP contribution in [-0.4, -0.2) is 12.5 Å². The van der Waals surface area contributed by atoms with Crippen LogP contribution in [0.2, 0.25) is 5.02 Å². The van der Waals surface area contributed by atoms with Gasteiger partial charge in [-0.3, -0.25) is 0 Å². The lowest BCUT2D eigenvalue weighted by atomic mass is 9.79. The molecular weight excluding hydrogens is 232 g/mol. The lowest BCUT2D eigenvalue weighted by Crippen LogP contribution is -2.35. The van der Waals surface area contributed by atoms with Crippen LogP contribution in [0.3, 0.4) is 0 Å². The van der Waals surface area contributed by atoms with Crippen molar-refractivity contribution in [1.29, 1.82) is 0 Å². The Hall–Kier alpha value is -0.670. The molecule has 0 radical (unpaired) electrons. The van der Waals surface area contributed by atoms with Crippen LogP contribution in [-0.2, 0) is 5.41 Å². The maximum absolute atomic E-state index is 12.4. The van der Waals surface area contributed by atoms with Gasteiger partial charge in [0, 0.05) is 5.02 Å². The van der Waals surface area contributed by atoms with Gasteiger partial charge < -0.3 is 5.73 Å². The van der Waals surface area contributed by atoms with Gasteiger partial charge in [0.15, 0.2) is 0 Å². The molecule has 90 valence electrons. The van der Waals surface area contributed by atoms with Crippen molar-refractivity contribution in [2.75, 3.05) is 0 Å². The van der Waals surface area contributed by atoms with Crippen LogP contribution >= 0.6 is 11.6 Å². The second kappa shape index (κ2) is 5.11. The van der Waals surface area contributed by atoms with Crippen molar-refractivity contribution in [3.05, 3.63) is 34.9 Å². The van der Waals surface area contributed by atoms with Gasteiger partial charge in [-0.25, -0.2) is 8.78 Å². The number of alkyl halides is 2. The summed E-state index contributed by atoms with van der Waals surface area (Å²) in [5, 5.41) is 0.637. The quantitative estimate of drug-likeness (QED) is 0.864. The van der Waals surface area contributed by atoms with Crippen LogP contribution < -0.4 is 5.73 Å². The number of benzene rings is 1. The molecule has 4 heteroatoms. The van der Waals surface area contributed by atoms with Crippen molar-refractivity contribution >= 4 is 11.6 Å². The Morgan fingerprint density at radius 1 is 1.25 bits per heavy atom. The summed E-state index contributed by atoms with van der Waals surface area (Å²) < 4.78 is 24.8. The van der Waals surface area contributed by atoms with E-state index in [-0.39, 0.29) is 11.8 Å². The molecule has 1 unspecified atom stereocenters. The Bertz CT molecular complexity index is 335. The molecule has 0 heterocycles. The topological polar surface area (TPSA) is 26.0 Å². The fraction of sp³-hybridized carbons (Fsp3) is 0.500. The van der Waals surface area contributed by atoms with Gasteiger partial charge in [-0.2, -0.15) is 0 Å². The second-order valence-corrected chi connectivity index (χ2v) is 5.03. The molecule has 2 N–H and O–H groups in total. The van der Waals surface area contributed by atoms with Crippen molar-refractivity contribution < 1.29 is 8.78 Å². The molecule has 16 heavy (non-hydrogen) atoms. The summed E-state index contributed by atoms with van der Waals surface area (Å²) >= 11 is 5.77. The van der Waals surface area contributed by atoms with Gasteiger partial charge in [-0.1, -0.05) is 37.6 Å². The van der Waals surface area contributed by atoms with Crippen LogP contribution in [0.25, 0.3) is 0 Å². The normalized spacial score (nSPS) is 14.2.